The lowest BCUT2D eigenvalue weighted by Gasteiger charge is -2.10. The molecule has 0 spiro atoms. The molecule has 2 rings (SSSR count). The number of carbonyl (C=O) groups excluding carboxylic acids is 1. The van der Waals surface area contributed by atoms with Crippen LogP contribution in [0.5, 0.6) is 5.75 Å². The summed E-state index contributed by atoms with van der Waals surface area (Å²) in [5, 5.41) is 16.2. The molecular formula is C14H16ClN3O2S. The first-order chi connectivity index (χ1) is 9.99. The minimum Gasteiger partial charge on any atom is -0.506 e. The van der Waals surface area contributed by atoms with Crippen molar-refractivity contribution in [1.29, 1.82) is 0 Å². The Bertz CT molecular complexity index is 643. The fraction of sp³-hybridized carbons (Fsp3) is 0.286. The van der Waals surface area contributed by atoms with E-state index in [0.717, 1.165) is 10.7 Å². The van der Waals surface area contributed by atoms with Gasteiger partial charge < -0.3 is 10.4 Å². The summed E-state index contributed by atoms with van der Waals surface area (Å²) in [4.78, 5) is 16.1. The maximum absolute atomic E-state index is 11.9. The van der Waals surface area contributed by atoms with Crippen molar-refractivity contribution in [3.63, 3.8) is 0 Å². The molecule has 0 aliphatic rings. The van der Waals surface area contributed by atoms with Gasteiger partial charge in [-0.25, -0.2) is 9.78 Å². The lowest BCUT2D eigenvalue weighted by atomic mass is 10.1. The number of nitrogens with zero attached hydrogens (tertiary/aromatic N) is 1. The molecule has 0 unspecified atom stereocenters. The second-order valence-corrected chi connectivity index (χ2v) is 6.04. The average Bonchev–Trinajstić information content (AvgIpc) is 2.88. The normalized spacial score (nSPS) is 10.7. The van der Waals surface area contributed by atoms with Crippen molar-refractivity contribution >= 4 is 34.0 Å². The molecule has 0 fully saturated rings. The van der Waals surface area contributed by atoms with E-state index < -0.39 is 0 Å². The summed E-state index contributed by atoms with van der Waals surface area (Å²) in [7, 11) is 0. The fourth-order valence-electron chi connectivity index (χ4n) is 1.79. The number of benzene rings is 1. The topological polar surface area (TPSA) is 74.2 Å². The number of halogens is 1. The first-order valence-electron chi connectivity index (χ1n) is 6.43. The van der Waals surface area contributed by atoms with Gasteiger partial charge in [0.2, 0.25) is 0 Å². The smallest absolute Gasteiger partial charge is 0.320 e. The second kappa shape index (κ2) is 6.78. The van der Waals surface area contributed by atoms with Gasteiger partial charge in [-0.15, -0.1) is 11.3 Å². The van der Waals surface area contributed by atoms with Gasteiger partial charge in [-0.1, -0.05) is 37.6 Å². The highest BCUT2D eigenvalue weighted by atomic mass is 35.5. The lowest BCUT2D eigenvalue weighted by Crippen LogP contribution is -2.28. The van der Waals surface area contributed by atoms with Crippen LogP contribution in [0.4, 0.5) is 9.80 Å². The van der Waals surface area contributed by atoms with E-state index in [-0.39, 0.29) is 29.3 Å². The van der Waals surface area contributed by atoms with Crippen LogP contribution in [-0.2, 0) is 6.54 Å². The third kappa shape index (κ3) is 3.86. The first kappa shape index (κ1) is 15.6. The summed E-state index contributed by atoms with van der Waals surface area (Å²) in [6.45, 7) is 4.22. The number of hydrogen-bond donors (Lipinski definition) is 3. The van der Waals surface area contributed by atoms with Crippen molar-refractivity contribution in [3.8, 4) is 5.75 Å². The van der Waals surface area contributed by atoms with Crippen LogP contribution in [0, 0.1) is 0 Å². The third-order valence-corrected chi connectivity index (χ3v) is 3.94. The van der Waals surface area contributed by atoms with E-state index in [0.29, 0.717) is 5.56 Å². The van der Waals surface area contributed by atoms with Gasteiger partial charge >= 0.3 is 6.03 Å². The largest absolute Gasteiger partial charge is 0.506 e. The van der Waals surface area contributed by atoms with Crippen LogP contribution in [0.25, 0.3) is 0 Å². The van der Waals surface area contributed by atoms with Gasteiger partial charge in [0.1, 0.15) is 10.8 Å². The summed E-state index contributed by atoms with van der Waals surface area (Å²) in [6, 6.07) is 4.66. The predicted molar refractivity (Wildman–Crippen MR) is 85.2 cm³/mol. The molecule has 1 aromatic carbocycles. The van der Waals surface area contributed by atoms with E-state index in [1.54, 1.807) is 23.7 Å². The molecule has 112 valence electrons. The number of hydrogen-bond acceptors (Lipinski definition) is 4. The van der Waals surface area contributed by atoms with E-state index in [9.17, 15) is 9.90 Å². The Hall–Kier alpha value is -1.79. The molecule has 0 bridgehead atoms. The zero-order chi connectivity index (χ0) is 15.4. The van der Waals surface area contributed by atoms with E-state index >= 15 is 0 Å². The van der Waals surface area contributed by atoms with Crippen molar-refractivity contribution < 1.29 is 9.90 Å². The number of para-hydroxylation sites is 1. The average molecular weight is 326 g/mol. The number of phenols is 1. The molecule has 0 saturated heterocycles. The summed E-state index contributed by atoms with van der Waals surface area (Å²) >= 11 is 7.19. The minimum atomic E-state index is -0.347. The zero-order valence-corrected chi connectivity index (χ0v) is 13.3. The molecule has 5 nitrogen and oxygen atoms in total. The van der Waals surface area contributed by atoms with Crippen LogP contribution in [0.2, 0.25) is 5.02 Å². The van der Waals surface area contributed by atoms with Gasteiger partial charge in [-0.3, -0.25) is 5.32 Å². The van der Waals surface area contributed by atoms with Gasteiger partial charge in [0.05, 0.1) is 16.2 Å². The van der Waals surface area contributed by atoms with Gasteiger partial charge in [0.25, 0.3) is 0 Å². The van der Waals surface area contributed by atoms with E-state index in [1.165, 1.54) is 11.3 Å². The Kier molecular flexibility index (Phi) is 5.03. The van der Waals surface area contributed by atoms with Gasteiger partial charge in [-0.2, -0.15) is 0 Å². The van der Waals surface area contributed by atoms with Crippen LogP contribution in [0.1, 0.15) is 31.0 Å². The molecule has 0 radical (unpaired) electrons. The maximum Gasteiger partial charge on any atom is 0.320 e. The highest BCUT2D eigenvalue weighted by Crippen LogP contribution is 2.28. The van der Waals surface area contributed by atoms with Crippen LogP contribution < -0.4 is 10.6 Å². The molecule has 2 amide bonds. The number of urea groups is 1. The first-order valence-corrected chi connectivity index (χ1v) is 7.69. The van der Waals surface area contributed by atoms with Gasteiger partial charge in [0, 0.05) is 12.1 Å². The standard InChI is InChI=1S/C14H16ClN3O2S/c1-8(2)11-13(21-7-17-11)18-14(20)16-6-9-4-3-5-10(15)12(9)19/h3-5,7-8,19H,6H2,1-2H3,(H2,16,18,20). The lowest BCUT2D eigenvalue weighted by molar-refractivity contribution is 0.251. The Morgan fingerprint density at radius 1 is 1.48 bits per heavy atom. The SMILES string of the molecule is CC(C)c1ncsc1NC(=O)NCc1cccc(Cl)c1O. The number of anilines is 1. The van der Waals surface area contributed by atoms with Gasteiger partial charge in [-0.05, 0) is 12.0 Å². The summed E-state index contributed by atoms with van der Waals surface area (Å²) in [5.41, 5.74) is 3.13. The number of aromatic hydroxyl groups is 1. The monoisotopic (exact) mass is 325 g/mol. The molecule has 0 aliphatic heterocycles. The number of nitrogens with one attached hydrogen (secondary N) is 2. The number of aromatic nitrogens is 1. The Morgan fingerprint density at radius 3 is 2.95 bits per heavy atom. The van der Waals surface area contributed by atoms with Crippen molar-refractivity contribution in [1.82, 2.24) is 10.3 Å². The second-order valence-electron chi connectivity index (χ2n) is 4.78. The van der Waals surface area contributed by atoms with E-state index in [4.69, 9.17) is 11.6 Å². The maximum atomic E-state index is 11.9. The van der Waals surface area contributed by atoms with Crippen molar-refractivity contribution in [2.24, 2.45) is 0 Å². The minimum absolute atomic E-state index is 0.0138. The molecule has 1 aromatic heterocycles. The molecular weight excluding hydrogens is 310 g/mol. The number of thiazole rings is 1. The number of carbonyl (C=O) groups is 1. The van der Waals surface area contributed by atoms with Crippen molar-refractivity contribution in [3.05, 3.63) is 40.0 Å². The Balaban J connectivity index is 1.96. The molecule has 0 aliphatic carbocycles. The van der Waals surface area contributed by atoms with Crippen LogP contribution >= 0.6 is 22.9 Å². The molecule has 2 aromatic rings. The molecule has 3 N–H and O–H groups in total. The fourth-order valence-corrected chi connectivity index (χ4v) is 2.81. The zero-order valence-electron chi connectivity index (χ0n) is 11.7. The van der Waals surface area contributed by atoms with Crippen LogP contribution in [0.15, 0.2) is 23.7 Å². The highest BCUT2D eigenvalue weighted by molar-refractivity contribution is 7.14. The van der Waals surface area contributed by atoms with E-state index in [2.05, 4.69) is 15.6 Å². The van der Waals surface area contributed by atoms with Crippen LogP contribution in [0.3, 0.4) is 0 Å². The Morgan fingerprint density at radius 2 is 2.24 bits per heavy atom. The molecule has 7 heteroatoms. The number of rotatable bonds is 4. The summed E-state index contributed by atoms with van der Waals surface area (Å²) < 4.78 is 0. The van der Waals surface area contributed by atoms with Crippen molar-refractivity contribution in [2.75, 3.05) is 5.32 Å². The number of phenolic OH excluding ortho intramolecular Hbond substituents is 1. The molecule has 21 heavy (non-hydrogen) atoms. The predicted octanol–water partition coefficient (Wildman–Crippen LogP) is 3.95. The van der Waals surface area contributed by atoms with Gasteiger partial charge in [0.15, 0.2) is 0 Å². The molecule has 0 saturated carbocycles. The quantitative estimate of drug-likeness (QED) is 0.796. The van der Waals surface area contributed by atoms with Crippen LogP contribution in [-0.4, -0.2) is 16.1 Å². The summed E-state index contributed by atoms with van der Waals surface area (Å²) in [6.07, 6.45) is 0. The number of amides is 2. The van der Waals surface area contributed by atoms with E-state index in [1.807, 2.05) is 13.8 Å². The highest BCUT2D eigenvalue weighted by Gasteiger charge is 2.13. The molecule has 1 heterocycles. The summed E-state index contributed by atoms with van der Waals surface area (Å²) in [5.74, 6) is 0.226. The third-order valence-electron chi connectivity index (χ3n) is 2.88. The Labute approximate surface area is 132 Å². The van der Waals surface area contributed by atoms with Crippen molar-refractivity contribution in [2.45, 2.75) is 26.3 Å². The molecule has 0 atom stereocenters.